The van der Waals surface area contributed by atoms with Crippen LogP contribution in [0.5, 0.6) is 0 Å². The molecule has 0 fully saturated rings. The summed E-state index contributed by atoms with van der Waals surface area (Å²) in [4.78, 5) is 31.9. The number of aromatic nitrogens is 1. The summed E-state index contributed by atoms with van der Waals surface area (Å²) in [7, 11) is 2.43. The Morgan fingerprint density at radius 2 is 1.73 bits per heavy atom. The molecular formula is C25H20N4O4. The number of nitriles is 1. The lowest BCUT2D eigenvalue weighted by Crippen LogP contribution is -2.40. The zero-order valence-corrected chi connectivity index (χ0v) is 18.0. The lowest BCUT2D eigenvalue weighted by atomic mass is 9.81. The van der Waals surface area contributed by atoms with E-state index < -0.39 is 17.9 Å². The lowest BCUT2D eigenvalue weighted by molar-refractivity contribution is -0.139. The van der Waals surface area contributed by atoms with E-state index in [1.165, 1.54) is 19.1 Å². The number of anilines is 1. The average Bonchev–Trinajstić information content (AvgIpc) is 2.87. The lowest BCUT2D eigenvalue weighted by Gasteiger charge is -2.36. The molecular weight excluding hydrogens is 420 g/mol. The molecule has 1 unspecified atom stereocenters. The zero-order valence-electron chi connectivity index (χ0n) is 18.0. The van der Waals surface area contributed by atoms with Crippen LogP contribution in [0.3, 0.4) is 0 Å². The minimum atomic E-state index is -0.915. The molecule has 164 valence electrons. The van der Waals surface area contributed by atoms with Crippen molar-refractivity contribution in [2.45, 2.75) is 5.92 Å². The highest BCUT2D eigenvalue weighted by Gasteiger charge is 2.43. The first-order valence-corrected chi connectivity index (χ1v) is 10.0. The van der Waals surface area contributed by atoms with Crippen molar-refractivity contribution in [2.75, 3.05) is 19.1 Å². The van der Waals surface area contributed by atoms with Crippen molar-refractivity contribution < 1.29 is 19.1 Å². The first-order chi connectivity index (χ1) is 16.0. The number of hydrogen-bond donors (Lipinski definition) is 1. The molecule has 0 spiro atoms. The molecule has 4 rings (SSSR count). The van der Waals surface area contributed by atoms with Crippen LogP contribution in [-0.2, 0) is 19.1 Å². The molecule has 1 aromatic heterocycles. The number of nitrogens with zero attached hydrogens (tertiary/aromatic N) is 3. The number of benzene rings is 2. The van der Waals surface area contributed by atoms with Gasteiger partial charge in [-0.1, -0.05) is 36.4 Å². The first-order valence-electron chi connectivity index (χ1n) is 10.0. The van der Waals surface area contributed by atoms with Crippen LogP contribution in [0.2, 0.25) is 0 Å². The molecule has 3 aromatic rings. The van der Waals surface area contributed by atoms with Gasteiger partial charge in [-0.2, -0.15) is 5.26 Å². The van der Waals surface area contributed by atoms with Crippen molar-refractivity contribution in [1.29, 1.82) is 5.26 Å². The Morgan fingerprint density at radius 3 is 2.39 bits per heavy atom. The van der Waals surface area contributed by atoms with Crippen molar-refractivity contribution in [2.24, 2.45) is 5.73 Å². The summed E-state index contributed by atoms with van der Waals surface area (Å²) in [5, 5.41) is 10.8. The van der Waals surface area contributed by atoms with Gasteiger partial charge in [0.05, 0.1) is 48.6 Å². The number of carbonyl (C=O) groups is 2. The van der Waals surface area contributed by atoms with E-state index in [-0.39, 0.29) is 22.7 Å². The average molecular weight is 440 g/mol. The van der Waals surface area contributed by atoms with E-state index >= 15 is 0 Å². The summed E-state index contributed by atoms with van der Waals surface area (Å²) in [6.45, 7) is 0. The quantitative estimate of drug-likeness (QED) is 0.615. The number of nitrogens with two attached hydrogens (primary N) is 1. The Kier molecular flexibility index (Phi) is 5.79. The molecule has 0 bridgehead atoms. The smallest absolute Gasteiger partial charge is 0.355 e. The highest BCUT2D eigenvalue weighted by Crippen LogP contribution is 2.44. The molecule has 8 nitrogen and oxygen atoms in total. The largest absolute Gasteiger partial charge is 0.466 e. The standard InChI is InChI=1S/C25H20N4O4/c1-32-24(30)21-20(15-8-4-3-5-9-15)17(14-26)23(27)29(22(21)25(31)33-2)19-12-6-11-18-16(19)10-7-13-28-18/h3-13,20H,27H2,1-2H3. The Balaban J connectivity index is 2.12. The molecule has 2 heterocycles. The van der Waals surface area contributed by atoms with Crippen LogP contribution < -0.4 is 10.6 Å². The number of allylic oxidation sites excluding steroid dienone is 1. The minimum absolute atomic E-state index is 0.00996. The predicted octanol–water partition coefficient (Wildman–Crippen LogP) is 3.13. The number of fused-ring (bicyclic) bond motifs is 1. The molecule has 0 saturated heterocycles. The second-order valence-electron chi connectivity index (χ2n) is 7.18. The molecule has 1 atom stereocenters. The van der Waals surface area contributed by atoms with Gasteiger partial charge in [0.25, 0.3) is 0 Å². The molecule has 2 N–H and O–H groups in total. The zero-order chi connectivity index (χ0) is 23.5. The second-order valence-corrected chi connectivity index (χ2v) is 7.18. The van der Waals surface area contributed by atoms with Gasteiger partial charge in [0.1, 0.15) is 11.5 Å². The van der Waals surface area contributed by atoms with Gasteiger partial charge >= 0.3 is 11.9 Å². The first kappa shape index (κ1) is 21.6. The van der Waals surface area contributed by atoms with Gasteiger partial charge in [0.2, 0.25) is 0 Å². The van der Waals surface area contributed by atoms with E-state index in [4.69, 9.17) is 15.2 Å². The van der Waals surface area contributed by atoms with Crippen molar-refractivity contribution in [3.05, 3.63) is 95.1 Å². The second kappa shape index (κ2) is 8.85. The van der Waals surface area contributed by atoms with Crippen molar-refractivity contribution >= 4 is 28.5 Å². The Hall–Kier alpha value is -4.64. The summed E-state index contributed by atoms with van der Waals surface area (Å²) in [5.74, 6) is -2.47. The Bertz CT molecular complexity index is 1350. The molecule has 0 amide bonds. The minimum Gasteiger partial charge on any atom is -0.466 e. The summed E-state index contributed by atoms with van der Waals surface area (Å²) in [6.07, 6.45) is 1.64. The molecule has 0 radical (unpaired) electrons. The monoisotopic (exact) mass is 440 g/mol. The normalized spacial score (nSPS) is 15.9. The topological polar surface area (TPSA) is 119 Å². The van der Waals surface area contributed by atoms with Crippen molar-refractivity contribution in [3.8, 4) is 6.07 Å². The van der Waals surface area contributed by atoms with Crippen LogP contribution in [0, 0.1) is 11.3 Å². The van der Waals surface area contributed by atoms with E-state index in [1.807, 2.05) is 18.2 Å². The van der Waals surface area contributed by atoms with Gasteiger partial charge in [-0.15, -0.1) is 0 Å². The SMILES string of the molecule is COC(=O)C1=C(C(=O)OC)N(c2cccc3ncccc23)C(N)=C(C#N)C1c1ccccc1. The fourth-order valence-electron chi connectivity index (χ4n) is 4.05. The molecule has 2 aromatic carbocycles. The Morgan fingerprint density at radius 1 is 1.00 bits per heavy atom. The van der Waals surface area contributed by atoms with Gasteiger partial charge in [-0.3, -0.25) is 9.88 Å². The number of carbonyl (C=O) groups excluding carboxylic acids is 2. The molecule has 8 heteroatoms. The molecule has 33 heavy (non-hydrogen) atoms. The highest BCUT2D eigenvalue weighted by atomic mass is 16.5. The van der Waals surface area contributed by atoms with Gasteiger partial charge < -0.3 is 15.2 Å². The fourth-order valence-corrected chi connectivity index (χ4v) is 4.05. The van der Waals surface area contributed by atoms with Crippen LogP contribution in [0.1, 0.15) is 11.5 Å². The van der Waals surface area contributed by atoms with E-state index in [9.17, 15) is 14.9 Å². The van der Waals surface area contributed by atoms with Crippen LogP contribution in [-0.4, -0.2) is 31.1 Å². The third-order valence-corrected chi connectivity index (χ3v) is 5.47. The number of pyridine rings is 1. The summed E-state index contributed by atoms with van der Waals surface area (Å²) < 4.78 is 10.1. The van der Waals surface area contributed by atoms with Crippen molar-refractivity contribution in [1.82, 2.24) is 4.98 Å². The maximum absolute atomic E-state index is 13.1. The molecule has 0 saturated carbocycles. The molecule has 1 aliphatic rings. The number of esters is 2. The van der Waals surface area contributed by atoms with Gasteiger partial charge in [-0.05, 0) is 29.8 Å². The summed E-state index contributed by atoms with van der Waals surface area (Å²) >= 11 is 0. The van der Waals surface area contributed by atoms with E-state index in [0.717, 1.165) is 0 Å². The number of methoxy groups -OCH3 is 2. The third kappa shape index (κ3) is 3.55. The predicted molar refractivity (Wildman–Crippen MR) is 121 cm³/mol. The van der Waals surface area contributed by atoms with Crippen LogP contribution in [0.25, 0.3) is 10.9 Å². The van der Waals surface area contributed by atoms with Crippen LogP contribution in [0.15, 0.2) is 89.5 Å². The van der Waals surface area contributed by atoms with Gasteiger partial charge in [0.15, 0.2) is 0 Å². The highest BCUT2D eigenvalue weighted by molar-refractivity contribution is 6.08. The van der Waals surface area contributed by atoms with Gasteiger partial charge in [-0.25, -0.2) is 9.59 Å². The van der Waals surface area contributed by atoms with E-state index in [2.05, 4.69) is 11.1 Å². The number of rotatable bonds is 4. The summed E-state index contributed by atoms with van der Waals surface area (Å²) in [5.41, 5.74) is 8.22. The van der Waals surface area contributed by atoms with E-state index in [1.54, 1.807) is 48.7 Å². The fraction of sp³-hybridized carbons (Fsp3) is 0.120. The van der Waals surface area contributed by atoms with E-state index in [0.29, 0.717) is 22.2 Å². The molecule has 1 aliphatic heterocycles. The van der Waals surface area contributed by atoms with Crippen LogP contribution in [0.4, 0.5) is 5.69 Å². The van der Waals surface area contributed by atoms with Crippen molar-refractivity contribution in [3.63, 3.8) is 0 Å². The maximum Gasteiger partial charge on any atom is 0.355 e. The third-order valence-electron chi connectivity index (χ3n) is 5.47. The number of ether oxygens (including phenoxy) is 2. The molecule has 0 aliphatic carbocycles. The number of hydrogen-bond acceptors (Lipinski definition) is 8. The van der Waals surface area contributed by atoms with Crippen LogP contribution >= 0.6 is 0 Å². The van der Waals surface area contributed by atoms with Gasteiger partial charge in [0, 0.05) is 11.6 Å². The maximum atomic E-state index is 13.1. The Labute approximate surface area is 190 Å². The summed E-state index contributed by atoms with van der Waals surface area (Å²) in [6, 6.07) is 19.9.